The second-order valence-corrected chi connectivity index (χ2v) is 7.58. The van der Waals surface area contributed by atoms with Crippen molar-refractivity contribution >= 4 is 11.7 Å². The molecule has 0 aliphatic carbocycles. The van der Waals surface area contributed by atoms with Gasteiger partial charge in [0.05, 0.1) is 12.7 Å². The zero-order valence-corrected chi connectivity index (χ0v) is 18.0. The Labute approximate surface area is 182 Å². The van der Waals surface area contributed by atoms with Crippen LogP contribution in [0, 0.1) is 6.92 Å². The number of amides is 1. The Morgan fingerprint density at radius 1 is 1.03 bits per heavy atom. The SMILES string of the molecule is COc1ccccc1C(=O)N1CCN(c2cc(Oc3ccccc3C)ncn2)CC1C. The molecule has 1 fully saturated rings. The highest BCUT2D eigenvalue weighted by molar-refractivity contribution is 5.97. The van der Waals surface area contributed by atoms with Gasteiger partial charge >= 0.3 is 0 Å². The van der Waals surface area contributed by atoms with Gasteiger partial charge in [0.1, 0.15) is 23.6 Å². The van der Waals surface area contributed by atoms with Crippen molar-refractivity contribution in [2.24, 2.45) is 0 Å². The fraction of sp³-hybridized carbons (Fsp3) is 0.292. The van der Waals surface area contributed by atoms with Crippen molar-refractivity contribution in [2.75, 3.05) is 31.6 Å². The molecule has 3 aromatic rings. The van der Waals surface area contributed by atoms with E-state index < -0.39 is 0 Å². The average Bonchev–Trinajstić information content (AvgIpc) is 2.80. The van der Waals surface area contributed by atoms with Crippen molar-refractivity contribution in [3.63, 3.8) is 0 Å². The number of hydrogen-bond acceptors (Lipinski definition) is 6. The molecular formula is C24H26N4O3. The van der Waals surface area contributed by atoms with Gasteiger partial charge in [0.15, 0.2) is 0 Å². The second-order valence-electron chi connectivity index (χ2n) is 7.58. The lowest BCUT2D eigenvalue weighted by Crippen LogP contribution is -2.54. The molecule has 1 aromatic heterocycles. The summed E-state index contributed by atoms with van der Waals surface area (Å²) in [5, 5.41) is 0. The second kappa shape index (κ2) is 9.04. The number of benzene rings is 2. The smallest absolute Gasteiger partial charge is 0.257 e. The Balaban J connectivity index is 1.46. The van der Waals surface area contributed by atoms with Gasteiger partial charge in [-0.1, -0.05) is 30.3 Å². The maximum atomic E-state index is 13.1. The van der Waals surface area contributed by atoms with Crippen molar-refractivity contribution < 1.29 is 14.3 Å². The molecule has 4 rings (SSSR count). The van der Waals surface area contributed by atoms with E-state index in [1.54, 1.807) is 13.2 Å². The van der Waals surface area contributed by atoms with Crippen LogP contribution in [0.15, 0.2) is 60.9 Å². The minimum Gasteiger partial charge on any atom is -0.496 e. The molecule has 7 nitrogen and oxygen atoms in total. The Morgan fingerprint density at radius 3 is 2.52 bits per heavy atom. The zero-order valence-electron chi connectivity index (χ0n) is 18.0. The first-order valence-electron chi connectivity index (χ1n) is 10.3. The van der Waals surface area contributed by atoms with Gasteiger partial charge in [0.2, 0.25) is 5.88 Å². The number of carbonyl (C=O) groups is 1. The zero-order chi connectivity index (χ0) is 21.8. The van der Waals surface area contributed by atoms with E-state index in [4.69, 9.17) is 9.47 Å². The largest absolute Gasteiger partial charge is 0.496 e. The van der Waals surface area contributed by atoms with Gasteiger partial charge in [-0.05, 0) is 37.6 Å². The molecule has 1 atom stereocenters. The number of ether oxygens (including phenoxy) is 2. The summed E-state index contributed by atoms with van der Waals surface area (Å²) in [6, 6.07) is 17.0. The molecule has 1 unspecified atom stereocenters. The molecular weight excluding hydrogens is 392 g/mol. The van der Waals surface area contributed by atoms with Gasteiger partial charge in [0.25, 0.3) is 5.91 Å². The Bertz CT molecular complexity index is 1070. The Hall–Kier alpha value is -3.61. The number of carbonyl (C=O) groups excluding carboxylic acids is 1. The summed E-state index contributed by atoms with van der Waals surface area (Å²) < 4.78 is 11.3. The predicted molar refractivity (Wildman–Crippen MR) is 119 cm³/mol. The predicted octanol–water partition coefficient (Wildman–Crippen LogP) is 3.94. The van der Waals surface area contributed by atoms with Crippen molar-refractivity contribution in [2.45, 2.75) is 19.9 Å². The molecule has 0 radical (unpaired) electrons. The third kappa shape index (κ3) is 4.45. The van der Waals surface area contributed by atoms with E-state index in [-0.39, 0.29) is 11.9 Å². The average molecular weight is 418 g/mol. The molecule has 1 aliphatic rings. The van der Waals surface area contributed by atoms with E-state index in [2.05, 4.69) is 14.9 Å². The lowest BCUT2D eigenvalue weighted by atomic mass is 10.1. The molecule has 160 valence electrons. The molecule has 0 spiro atoms. The van der Waals surface area contributed by atoms with E-state index in [9.17, 15) is 4.79 Å². The van der Waals surface area contributed by atoms with Crippen LogP contribution in [-0.4, -0.2) is 53.6 Å². The number of aryl methyl sites for hydroxylation is 1. The number of rotatable bonds is 5. The highest BCUT2D eigenvalue weighted by atomic mass is 16.5. The summed E-state index contributed by atoms with van der Waals surface area (Å²) in [4.78, 5) is 25.8. The van der Waals surface area contributed by atoms with Gasteiger partial charge in [0, 0.05) is 31.7 Å². The fourth-order valence-electron chi connectivity index (χ4n) is 3.79. The molecule has 1 aliphatic heterocycles. The highest BCUT2D eigenvalue weighted by Crippen LogP contribution is 2.27. The van der Waals surface area contributed by atoms with E-state index in [0.717, 1.165) is 17.1 Å². The van der Waals surface area contributed by atoms with E-state index >= 15 is 0 Å². The van der Waals surface area contributed by atoms with Crippen LogP contribution in [0.25, 0.3) is 0 Å². The van der Waals surface area contributed by atoms with Crippen LogP contribution in [0.3, 0.4) is 0 Å². The van der Waals surface area contributed by atoms with Crippen LogP contribution < -0.4 is 14.4 Å². The molecule has 1 saturated heterocycles. The fourth-order valence-corrected chi connectivity index (χ4v) is 3.79. The summed E-state index contributed by atoms with van der Waals surface area (Å²) in [6.45, 7) is 5.98. The maximum Gasteiger partial charge on any atom is 0.257 e. The standard InChI is InChI=1S/C24H26N4O3/c1-17-8-4-6-10-20(17)31-23-14-22(25-16-26-23)27-12-13-28(18(2)15-27)24(29)19-9-5-7-11-21(19)30-3/h4-11,14,16,18H,12-13,15H2,1-3H3. The first-order valence-corrected chi connectivity index (χ1v) is 10.3. The monoisotopic (exact) mass is 418 g/mol. The van der Waals surface area contributed by atoms with E-state index in [0.29, 0.717) is 36.8 Å². The maximum absolute atomic E-state index is 13.1. The molecule has 0 saturated carbocycles. The molecule has 2 aromatic carbocycles. The van der Waals surface area contributed by atoms with Crippen molar-refractivity contribution in [3.05, 3.63) is 72.1 Å². The Kier molecular flexibility index (Phi) is 6.02. The van der Waals surface area contributed by atoms with Crippen LogP contribution in [0.1, 0.15) is 22.8 Å². The van der Waals surface area contributed by atoms with Crippen LogP contribution >= 0.6 is 0 Å². The van der Waals surface area contributed by atoms with Gasteiger partial charge in [-0.15, -0.1) is 0 Å². The van der Waals surface area contributed by atoms with Crippen molar-refractivity contribution in [1.82, 2.24) is 14.9 Å². The quantitative estimate of drug-likeness (QED) is 0.625. The number of hydrogen-bond donors (Lipinski definition) is 0. The van der Waals surface area contributed by atoms with Crippen LogP contribution in [-0.2, 0) is 0 Å². The highest BCUT2D eigenvalue weighted by Gasteiger charge is 2.30. The summed E-state index contributed by atoms with van der Waals surface area (Å²) in [5.74, 6) is 2.63. The number of methoxy groups -OCH3 is 1. The van der Waals surface area contributed by atoms with Gasteiger partial charge in [-0.3, -0.25) is 4.79 Å². The summed E-state index contributed by atoms with van der Waals surface area (Å²) >= 11 is 0. The van der Waals surface area contributed by atoms with Gasteiger partial charge in [-0.25, -0.2) is 9.97 Å². The van der Waals surface area contributed by atoms with Crippen LogP contribution in [0.4, 0.5) is 5.82 Å². The minimum atomic E-state index is -0.0177. The number of nitrogens with zero attached hydrogens (tertiary/aromatic N) is 4. The van der Waals surface area contributed by atoms with Gasteiger partial charge in [-0.2, -0.15) is 0 Å². The topological polar surface area (TPSA) is 67.8 Å². The number of aromatic nitrogens is 2. The lowest BCUT2D eigenvalue weighted by Gasteiger charge is -2.40. The summed E-state index contributed by atoms with van der Waals surface area (Å²) in [7, 11) is 1.58. The molecule has 0 N–H and O–H groups in total. The number of para-hydroxylation sites is 2. The normalized spacial score (nSPS) is 16.2. The summed E-state index contributed by atoms with van der Waals surface area (Å²) in [6.07, 6.45) is 1.51. The van der Waals surface area contributed by atoms with Gasteiger partial charge < -0.3 is 19.3 Å². The van der Waals surface area contributed by atoms with Crippen molar-refractivity contribution in [1.29, 1.82) is 0 Å². The number of anilines is 1. The van der Waals surface area contributed by atoms with E-state index in [1.807, 2.05) is 67.3 Å². The first kappa shape index (κ1) is 20.7. The molecule has 2 heterocycles. The molecule has 0 bridgehead atoms. The molecule has 1 amide bonds. The summed E-state index contributed by atoms with van der Waals surface area (Å²) in [5.41, 5.74) is 1.63. The lowest BCUT2D eigenvalue weighted by molar-refractivity contribution is 0.0670. The molecule has 7 heteroatoms. The first-order chi connectivity index (χ1) is 15.1. The number of piperazine rings is 1. The molecule has 31 heavy (non-hydrogen) atoms. The van der Waals surface area contributed by atoms with Crippen LogP contribution in [0.5, 0.6) is 17.4 Å². The minimum absolute atomic E-state index is 0.0156. The third-order valence-corrected chi connectivity index (χ3v) is 5.49. The van der Waals surface area contributed by atoms with E-state index in [1.165, 1.54) is 6.33 Å². The van der Waals surface area contributed by atoms with Crippen LogP contribution in [0.2, 0.25) is 0 Å². The Morgan fingerprint density at radius 2 is 1.77 bits per heavy atom. The van der Waals surface area contributed by atoms with Crippen molar-refractivity contribution in [3.8, 4) is 17.4 Å². The third-order valence-electron chi connectivity index (χ3n) is 5.49.